The average molecular weight is 446 g/mol. The maximum absolute atomic E-state index is 13.5. The van der Waals surface area contributed by atoms with Crippen LogP contribution in [0.2, 0.25) is 0 Å². The third kappa shape index (κ3) is 3.67. The van der Waals surface area contributed by atoms with Gasteiger partial charge in [-0.15, -0.1) is 11.8 Å². The van der Waals surface area contributed by atoms with E-state index in [1.807, 2.05) is 6.26 Å². The molecule has 0 spiro atoms. The summed E-state index contributed by atoms with van der Waals surface area (Å²) in [6.07, 6.45) is 4.85. The van der Waals surface area contributed by atoms with Crippen molar-refractivity contribution in [3.63, 3.8) is 0 Å². The van der Waals surface area contributed by atoms with Crippen molar-refractivity contribution >= 4 is 45.0 Å². The maximum atomic E-state index is 13.5. The largest absolute Gasteiger partial charge is 0.374 e. The number of fused-ring (bicyclic) bond motifs is 1. The first-order valence-corrected chi connectivity index (χ1v) is 12.5. The molecule has 0 unspecified atom stereocenters. The number of carbonyl (C=O) groups is 2. The zero-order valence-corrected chi connectivity index (χ0v) is 18.3. The predicted octanol–water partition coefficient (Wildman–Crippen LogP) is 3.18. The van der Waals surface area contributed by atoms with E-state index in [-0.39, 0.29) is 23.0 Å². The second-order valence-corrected chi connectivity index (χ2v) is 9.88. The topological polar surface area (TPSA) is 86.8 Å². The van der Waals surface area contributed by atoms with Crippen LogP contribution in [0.1, 0.15) is 29.6 Å². The van der Waals surface area contributed by atoms with Gasteiger partial charge in [0.2, 0.25) is 0 Å². The number of carbonyl (C=O) groups excluding carboxylic acids is 2. The summed E-state index contributed by atoms with van der Waals surface area (Å²) >= 11 is 1.40. The van der Waals surface area contributed by atoms with Gasteiger partial charge in [-0.1, -0.05) is 12.1 Å². The van der Waals surface area contributed by atoms with Gasteiger partial charge >= 0.3 is 0 Å². The highest BCUT2D eigenvalue weighted by atomic mass is 32.2. The molecule has 2 aromatic rings. The second kappa shape index (κ2) is 8.31. The van der Waals surface area contributed by atoms with E-state index in [1.165, 1.54) is 23.9 Å². The van der Waals surface area contributed by atoms with Crippen molar-refractivity contribution in [2.45, 2.75) is 29.1 Å². The summed E-state index contributed by atoms with van der Waals surface area (Å²) in [5, 5.41) is 2.94. The summed E-state index contributed by atoms with van der Waals surface area (Å²) in [4.78, 5) is 28.1. The highest BCUT2D eigenvalue weighted by Crippen LogP contribution is 2.35. The van der Waals surface area contributed by atoms with E-state index < -0.39 is 15.9 Å². The summed E-state index contributed by atoms with van der Waals surface area (Å²) < 4.78 is 27.7. The molecular weight excluding hydrogens is 422 g/mol. The van der Waals surface area contributed by atoms with Crippen LogP contribution < -0.4 is 9.62 Å². The molecule has 2 heterocycles. The number of nitrogens with one attached hydrogen (secondary N) is 1. The molecule has 0 aromatic heterocycles. The van der Waals surface area contributed by atoms with E-state index >= 15 is 0 Å². The lowest BCUT2D eigenvalue weighted by molar-refractivity contribution is -0.116. The van der Waals surface area contributed by atoms with Crippen LogP contribution in [0.5, 0.6) is 0 Å². The first kappa shape index (κ1) is 20.7. The number of sulfonamides is 1. The van der Waals surface area contributed by atoms with Gasteiger partial charge < -0.3 is 10.2 Å². The van der Waals surface area contributed by atoms with E-state index in [9.17, 15) is 18.0 Å². The molecule has 158 valence electrons. The van der Waals surface area contributed by atoms with Crippen LogP contribution >= 0.6 is 11.8 Å². The van der Waals surface area contributed by atoms with Crippen molar-refractivity contribution in [1.82, 2.24) is 4.90 Å². The maximum Gasteiger partial charge on any atom is 0.271 e. The van der Waals surface area contributed by atoms with Crippen LogP contribution in [0.25, 0.3) is 0 Å². The Kier molecular flexibility index (Phi) is 5.75. The van der Waals surface area contributed by atoms with Crippen LogP contribution in [-0.4, -0.2) is 51.0 Å². The fourth-order valence-electron chi connectivity index (χ4n) is 3.83. The Morgan fingerprint density at radius 1 is 1.07 bits per heavy atom. The van der Waals surface area contributed by atoms with Gasteiger partial charge in [-0.3, -0.25) is 9.59 Å². The lowest BCUT2D eigenvalue weighted by atomic mass is 10.1. The number of nitrogens with zero attached hydrogens (tertiary/aromatic N) is 2. The molecule has 30 heavy (non-hydrogen) atoms. The van der Waals surface area contributed by atoms with Crippen LogP contribution in [0, 0.1) is 0 Å². The number of hydrogen-bond donors (Lipinski definition) is 1. The first-order chi connectivity index (χ1) is 14.4. The van der Waals surface area contributed by atoms with E-state index in [0.29, 0.717) is 24.3 Å². The minimum atomic E-state index is -4.17. The fraction of sp³-hybridized carbons (Fsp3) is 0.333. The zero-order chi connectivity index (χ0) is 21.3. The SMILES string of the molecule is CSc1ccc(S(=O)(=O)N2C(=O)CNc3ccccc32)cc1C(=O)N1CCCCC1. The number of hydrogen-bond acceptors (Lipinski definition) is 6. The molecule has 1 fully saturated rings. The highest BCUT2D eigenvalue weighted by molar-refractivity contribution is 7.98. The van der Waals surface area contributed by atoms with Gasteiger partial charge in [-0.2, -0.15) is 4.31 Å². The minimum absolute atomic E-state index is 0.0642. The molecule has 0 atom stereocenters. The Labute approximate surface area is 180 Å². The van der Waals surface area contributed by atoms with Gasteiger partial charge in [-0.05, 0) is 55.9 Å². The molecule has 0 bridgehead atoms. The van der Waals surface area contributed by atoms with Gasteiger partial charge in [0.1, 0.15) is 0 Å². The van der Waals surface area contributed by atoms with Gasteiger partial charge in [0.05, 0.1) is 28.4 Å². The summed E-state index contributed by atoms with van der Waals surface area (Å²) in [5.41, 5.74) is 1.22. The van der Waals surface area contributed by atoms with Crippen molar-refractivity contribution in [3.8, 4) is 0 Å². The van der Waals surface area contributed by atoms with Crippen molar-refractivity contribution in [2.24, 2.45) is 0 Å². The number of para-hydroxylation sites is 2. The smallest absolute Gasteiger partial charge is 0.271 e. The molecular formula is C21H23N3O4S2. The molecule has 1 N–H and O–H groups in total. The normalized spacial score (nSPS) is 16.8. The molecule has 2 aliphatic heterocycles. The monoisotopic (exact) mass is 445 g/mol. The Bertz CT molecular complexity index is 1100. The van der Waals surface area contributed by atoms with Crippen LogP contribution in [0.15, 0.2) is 52.3 Å². The minimum Gasteiger partial charge on any atom is -0.374 e. The molecule has 2 aromatic carbocycles. The molecule has 2 amide bonds. The predicted molar refractivity (Wildman–Crippen MR) is 118 cm³/mol. The van der Waals surface area contributed by atoms with Crippen molar-refractivity contribution in [3.05, 3.63) is 48.0 Å². The molecule has 9 heteroatoms. The Morgan fingerprint density at radius 3 is 2.53 bits per heavy atom. The van der Waals surface area contributed by atoms with Crippen LogP contribution in [-0.2, 0) is 14.8 Å². The lowest BCUT2D eigenvalue weighted by Crippen LogP contribution is -2.44. The molecule has 0 aliphatic carbocycles. The number of anilines is 2. The molecule has 4 rings (SSSR count). The number of amides is 2. The van der Waals surface area contributed by atoms with Gasteiger partial charge in [-0.25, -0.2) is 8.42 Å². The summed E-state index contributed by atoms with van der Waals surface area (Å²) in [7, 11) is -4.17. The second-order valence-electron chi connectivity index (χ2n) is 7.25. The van der Waals surface area contributed by atoms with E-state index in [2.05, 4.69) is 5.32 Å². The van der Waals surface area contributed by atoms with Crippen molar-refractivity contribution in [2.75, 3.05) is 35.5 Å². The number of piperidine rings is 1. The number of rotatable bonds is 4. The van der Waals surface area contributed by atoms with Crippen molar-refractivity contribution in [1.29, 1.82) is 0 Å². The standard InChI is InChI=1S/C21H23N3O4S2/c1-29-19-10-9-15(13-16(19)21(26)23-11-5-2-6-12-23)30(27,28)24-18-8-4-3-7-17(18)22-14-20(24)25/h3-4,7-10,13,22H,2,5-6,11-12,14H2,1H3. The molecule has 1 saturated heterocycles. The van der Waals surface area contributed by atoms with Gasteiger partial charge in [0.15, 0.2) is 0 Å². The molecule has 0 saturated carbocycles. The third-order valence-electron chi connectivity index (χ3n) is 5.36. The average Bonchev–Trinajstić information content (AvgIpc) is 2.78. The highest BCUT2D eigenvalue weighted by Gasteiger charge is 2.36. The van der Waals surface area contributed by atoms with E-state index in [0.717, 1.165) is 28.5 Å². The van der Waals surface area contributed by atoms with Gasteiger partial charge in [0, 0.05) is 18.0 Å². The third-order valence-corrected chi connectivity index (χ3v) is 7.89. The Hall–Kier alpha value is -2.52. The number of likely N-dealkylation sites (tertiary alicyclic amines) is 1. The van der Waals surface area contributed by atoms with Crippen molar-refractivity contribution < 1.29 is 18.0 Å². The van der Waals surface area contributed by atoms with Gasteiger partial charge in [0.25, 0.3) is 21.8 Å². The molecule has 7 nitrogen and oxygen atoms in total. The number of thioether (sulfide) groups is 1. The summed E-state index contributed by atoms with van der Waals surface area (Å²) in [6, 6.07) is 11.3. The molecule has 2 aliphatic rings. The van der Waals surface area contributed by atoms with Crippen LogP contribution in [0.3, 0.4) is 0 Å². The lowest BCUT2D eigenvalue weighted by Gasteiger charge is -2.30. The summed E-state index contributed by atoms with van der Waals surface area (Å²) in [6.45, 7) is 1.24. The van der Waals surface area contributed by atoms with E-state index in [1.54, 1.807) is 35.2 Å². The Morgan fingerprint density at radius 2 is 1.80 bits per heavy atom. The first-order valence-electron chi connectivity index (χ1n) is 9.82. The Balaban J connectivity index is 1.77. The van der Waals surface area contributed by atoms with E-state index in [4.69, 9.17) is 0 Å². The number of benzene rings is 2. The fourth-order valence-corrected chi connectivity index (χ4v) is 5.87. The molecule has 0 radical (unpaired) electrons. The zero-order valence-electron chi connectivity index (χ0n) is 16.6. The summed E-state index contributed by atoms with van der Waals surface area (Å²) in [5.74, 6) is -0.727. The quantitative estimate of drug-likeness (QED) is 0.728. The van der Waals surface area contributed by atoms with Crippen LogP contribution in [0.4, 0.5) is 11.4 Å².